The van der Waals surface area contributed by atoms with E-state index < -0.39 is 5.82 Å². The molecule has 0 atom stereocenters. The van der Waals surface area contributed by atoms with Crippen molar-refractivity contribution in [3.05, 3.63) is 23.0 Å². The van der Waals surface area contributed by atoms with Crippen LogP contribution in [0.5, 0.6) is 11.5 Å². The van der Waals surface area contributed by atoms with Gasteiger partial charge < -0.3 is 14.3 Å². The molecule has 1 aromatic carbocycles. The lowest BCUT2D eigenvalue weighted by atomic mass is 10.1. The molecule has 0 amide bonds. The van der Waals surface area contributed by atoms with Crippen molar-refractivity contribution < 1.29 is 18.7 Å². The molecule has 0 unspecified atom stereocenters. The minimum absolute atomic E-state index is 0.112. The highest BCUT2D eigenvalue weighted by Crippen LogP contribution is 2.35. The summed E-state index contributed by atoms with van der Waals surface area (Å²) in [5.41, 5.74) is 4.28. The quantitative estimate of drug-likeness (QED) is 0.781. The van der Waals surface area contributed by atoms with E-state index in [2.05, 4.69) is 5.48 Å². The van der Waals surface area contributed by atoms with Crippen LogP contribution in [0.3, 0.4) is 0 Å². The summed E-state index contributed by atoms with van der Waals surface area (Å²) in [7, 11) is 4.40. The number of hydroxylamine groups is 1. The van der Waals surface area contributed by atoms with Gasteiger partial charge in [0.05, 0.1) is 27.9 Å². The van der Waals surface area contributed by atoms with Crippen LogP contribution in [0.4, 0.5) is 4.39 Å². The largest absolute Gasteiger partial charge is 0.492 e. The topological polar surface area (TPSA) is 39.7 Å². The van der Waals surface area contributed by atoms with Crippen molar-refractivity contribution in [3.8, 4) is 11.5 Å². The number of rotatable bonds is 5. The number of halogens is 1. The molecule has 0 radical (unpaired) electrons. The Kier molecular flexibility index (Phi) is 4.52. The second-order valence-electron chi connectivity index (χ2n) is 3.25. The maximum Gasteiger partial charge on any atom is 0.197 e. The first-order valence-electron chi connectivity index (χ1n) is 4.81. The molecule has 0 fully saturated rings. The van der Waals surface area contributed by atoms with Crippen LogP contribution in [0.25, 0.3) is 0 Å². The molecule has 4 nitrogen and oxygen atoms in total. The molecule has 16 heavy (non-hydrogen) atoms. The zero-order chi connectivity index (χ0) is 12.1. The standard InChI is InChI=1S/C11H16FNO3/c1-7-5-9(12)11(15-3)10(14-2)8(7)6-13-16-4/h5,13H,6H2,1-4H3. The monoisotopic (exact) mass is 229 g/mol. The summed E-state index contributed by atoms with van der Waals surface area (Å²) in [6.07, 6.45) is 0. The Morgan fingerprint density at radius 2 is 1.81 bits per heavy atom. The van der Waals surface area contributed by atoms with Crippen LogP contribution in [0.15, 0.2) is 6.07 Å². The molecule has 1 aromatic rings. The van der Waals surface area contributed by atoms with Crippen LogP contribution in [0, 0.1) is 12.7 Å². The molecule has 5 heteroatoms. The molecule has 0 bridgehead atoms. The lowest BCUT2D eigenvalue weighted by molar-refractivity contribution is 0.0858. The Labute approximate surface area is 94.3 Å². The second-order valence-corrected chi connectivity index (χ2v) is 3.25. The van der Waals surface area contributed by atoms with Gasteiger partial charge in [0.25, 0.3) is 0 Å². The fraction of sp³-hybridized carbons (Fsp3) is 0.455. The predicted molar refractivity (Wildman–Crippen MR) is 58.1 cm³/mol. The maximum atomic E-state index is 13.5. The SMILES string of the molecule is CONCc1c(C)cc(F)c(OC)c1OC. The smallest absolute Gasteiger partial charge is 0.197 e. The molecule has 0 heterocycles. The van der Waals surface area contributed by atoms with Crippen LogP contribution in [-0.4, -0.2) is 21.3 Å². The zero-order valence-corrected chi connectivity index (χ0v) is 9.89. The summed E-state index contributed by atoms with van der Waals surface area (Å²) in [6.45, 7) is 2.22. The van der Waals surface area contributed by atoms with Crippen molar-refractivity contribution in [3.63, 3.8) is 0 Å². The van der Waals surface area contributed by atoms with E-state index in [9.17, 15) is 4.39 Å². The number of ether oxygens (including phenoxy) is 2. The Morgan fingerprint density at radius 3 is 2.31 bits per heavy atom. The number of benzene rings is 1. The average Bonchev–Trinajstić information content (AvgIpc) is 2.27. The van der Waals surface area contributed by atoms with E-state index >= 15 is 0 Å². The molecule has 0 saturated heterocycles. The molecule has 0 aliphatic carbocycles. The zero-order valence-electron chi connectivity index (χ0n) is 9.89. The third-order valence-electron chi connectivity index (χ3n) is 2.32. The summed E-state index contributed by atoms with van der Waals surface area (Å²) in [4.78, 5) is 4.76. The highest BCUT2D eigenvalue weighted by atomic mass is 19.1. The first-order valence-corrected chi connectivity index (χ1v) is 4.81. The van der Waals surface area contributed by atoms with E-state index in [1.54, 1.807) is 6.92 Å². The third-order valence-corrected chi connectivity index (χ3v) is 2.32. The van der Waals surface area contributed by atoms with Crippen molar-refractivity contribution >= 4 is 0 Å². The lowest BCUT2D eigenvalue weighted by Gasteiger charge is -2.16. The Morgan fingerprint density at radius 1 is 1.19 bits per heavy atom. The summed E-state index contributed by atoms with van der Waals surface area (Å²) in [6, 6.07) is 1.41. The fourth-order valence-corrected chi connectivity index (χ4v) is 1.54. The predicted octanol–water partition coefficient (Wildman–Crippen LogP) is 1.80. The van der Waals surface area contributed by atoms with Crippen LogP contribution >= 0.6 is 0 Å². The number of nitrogens with one attached hydrogen (secondary N) is 1. The first kappa shape index (κ1) is 12.7. The van der Waals surface area contributed by atoms with Gasteiger partial charge in [0.15, 0.2) is 17.3 Å². The van der Waals surface area contributed by atoms with Crippen molar-refractivity contribution in [2.24, 2.45) is 0 Å². The van der Waals surface area contributed by atoms with Crippen molar-refractivity contribution in [2.45, 2.75) is 13.5 Å². The van der Waals surface area contributed by atoms with Gasteiger partial charge in [-0.15, -0.1) is 0 Å². The number of hydrogen-bond acceptors (Lipinski definition) is 4. The molecule has 1 N–H and O–H groups in total. The van der Waals surface area contributed by atoms with Crippen molar-refractivity contribution in [2.75, 3.05) is 21.3 Å². The maximum absolute atomic E-state index is 13.5. The number of hydrogen-bond donors (Lipinski definition) is 1. The summed E-state index contributed by atoms with van der Waals surface area (Å²) >= 11 is 0. The van der Waals surface area contributed by atoms with Gasteiger partial charge >= 0.3 is 0 Å². The van der Waals surface area contributed by atoms with E-state index in [4.69, 9.17) is 14.3 Å². The van der Waals surface area contributed by atoms with E-state index in [1.165, 1.54) is 27.4 Å². The molecular formula is C11H16FNO3. The highest BCUT2D eigenvalue weighted by Gasteiger charge is 2.17. The number of methoxy groups -OCH3 is 2. The lowest BCUT2D eigenvalue weighted by Crippen LogP contribution is -2.13. The van der Waals surface area contributed by atoms with E-state index in [0.717, 1.165) is 11.1 Å². The minimum atomic E-state index is -0.432. The van der Waals surface area contributed by atoms with Gasteiger partial charge in [-0.2, -0.15) is 5.48 Å². The Bertz CT molecular complexity index is 369. The molecule has 1 rings (SSSR count). The normalized spacial score (nSPS) is 10.3. The molecule has 0 aliphatic rings. The molecule has 0 saturated carbocycles. The van der Waals surface area contributed by atoms with Gasteiger partial charge in [0.1, 0.15) is 0 Å². The van der Waals surface area contributed by atoms with Gasteiger partial charge in [0.2, 0.25) is 0 Å². The third kappa shape index (κ3) is 2.43. The highest BCUT2D eigenvalue weighted by molar-refractivity contribution is 5.51. The Balaban J connectivity index is 3.22. The van der Waals surface area contributed by atoms with Gasteiger partial charge in [-0.1, -0.05) is 0 Å². The van der Waals surface area contributed by atoms with Gasteiger partial charge in [-0.05, 0) is 18.6 Å². The van der Waals surface area contributed by atoms with Crippen LogP contribution in [0.1, 0.15) is 11.1 Å². The molecular weight excluding hydrogens is 213 g/mol. The Hall–Kier alpha value is -1.33. The number of aryl methyl sites for hydroxylation is 1. The molecule has 0 aromatic heterocycles. The van der Waals surface area contributed by atoms with Crippen LogP contribution in [-0.2, 0) is 11.4 Å². The fourth-order valence-electron chi connectivity index (χ4n) is 1.54. The van der Waals surface area contributed by atoms with Crippen molar-refractivity contribution in [1.29, 1.82) is 0 Å². The van der Waals surface area contributed by atoms with Crippen molar-refractivity contribution in [1.82, 2.24) is 5.48 Å². The van der Waals surface area contributed by atoms with E-state index in [-0.39, 0.29) is 5.75 Å². The first-order chi connectivity index (χ1) is 7.65. The van der Waals surface area contributed by atoms with Gasteiger partial charge in [-0.25, -0.2) is 4.39 Å². The van der Waals surface area contributed by atoms with E-state index in [1.807, 2.05) is 0 Å². The molecule has 90 valence electrons. The average molecular weight is 229 g/mol. The summed E-state index contributed by atoms with van der Waals surface area (Å²) in [5, 5.41) is 0. The summed E-state index contributed by atoms with van der Waals surface area (Å²) in [5.74, 6) is 0.0727. The van der Waals surface area contributed by atoms with Gasteiger partial charge in [-0.3, -0.25) is 0 Å². The van der Waals surface area contributed by atoms with Crippen LogP contribution < -0.4 is 15.0 Å². The van der Waals surface area contributed by atoms with Crippen LogP contribution in [0.2, 0.25) is 0 Å². The minimum Gasteiger partial charge on any atom is -0.492 e. The second kappa shape index (κ2) is 5.67. The molecule has 0 spiro atoms. The van der Waals surface area contributed by atoms with Gasteiger partial charge in [0, 0.05) is 5.56 Å². The van der Waals surface area contributed by atoms with E-state index in [0.29, 0.717) is 12.3 Å². The molecule has 0 aliphatic heterocycles. The summed E-state index contributed by atoms with van der Waals surface area (Å²) < 4.78 is 23.7.